The molecule has 0 saturated carbocycles. The van der Waals surface area contributed by atoms with E-state index in [0.29, 0.717) is 22.7 Å². The van der Waals surface area contributed by atoms with Crippen LogP contribution in [0.1, 0.15) is 31.4 Å². The largest absolute Gasteiger partial charge is 0.445 e. The summed E-state index contributed by atoms with van der Waals surface area (Å²) in [6.45, 7) is 4.14. The summed E-state index contributed by atoms with van der Waals surface area (Å²) in [6.07, 6.45) is 1.77. The van der Waals surface area contributed by atoms with Crippen molar-refractivity contribution in [1.82, 2.24) is 15.2 Å². The SMILES string of the molecule is CC(C)c1cnc(CSc2nnc(N)s2)o1. The van der Waals surface area contributed by atoms with Crippen LogP contribution in [0.5, 0.6) is 0 Å². The molecule has 2 heterocycles. The first-order valence-corrected chi connectivity index (χ1v) is 6.61. The van der Waals surface area contributed by atoms with Crippen molar-refractivity contribution in [3.8, 4) is 0 Å². The fraction of sp³-hybridized carbons (Fsp3) is 0.444. The van der Waals surface area contributed by atoms with Crippen molar-refractivity contribution in [3.05, 3.63) is 17.8 Å². The van der Waals surface area contributed by atoms with Gasteiger partial charge in [-0.3, -0.25) is 0 Å². The summed E-state index contributed by atoms with van der Waals surface area (Å²) in [5.41, 5.74) is 5.48. The number of nitrogens with zero attached hydrogens (tertiary/aromatic N) is 3. The van der Waals surface area contributed by atoms with E-state index in [0.717, 1.165) is 10.1 Å². The first-order chi connectivity index (χ1) is 7.65. The molecule has 0 aromatic carbocycles. The van der Waals surface area contributed by atoms with Crippen molar-refractivity contribution in [2.75, 3.05) is 5.73 Å². The Morgan fingerprint density at radius 2 is 2.31 bits per heavy atom. The van der Waals surface area contributed by atoms with Crippen LogP contribution in [0.4, 0.5) is 5.13 Å². The minimum Gasteiger partial charge on any atom is -0.445 e. The second kappa shape index (κ2) is 4.84. The number of hydrogen-bond acceptors (Lipinski definition) is 7. The Hall–Kier alpha value is -1.08. The highest BCUT2D eigenvalue weighted by molar-refractivity contribution is 8.00. The van der Waals surface area contributed by atoms with Crippen LogP contribution >= 0.6 is 23.1 Å². The fourth-order valence-electron chi connectivity index (χ4n) is 1.06. The van der Waals surface area contributed by atoms with E-state index in [1.54, 1.807) is 6.20 Å². The number of oxazole rings is 1. The van der Waals surface area contributed by atoms with E-state index in [1.165, 1.54) is 23.1 Å². The van der Waals surface area contributed by atoms with Gasteiger partial charge in [-0.1, -0.05) is 36.9 Å². The van der Waals surface area contributed by atoms with Gasteiger partial charge in [0.2, 0.25) is 11.0 Å². The molecule has 0 spiro atoms. The summed E-state index contributed by atoms with van der Waals surface area (Å²) in [4.78, 5) is 4.20. The first kappa shape index (κ1) is 11.4. The average Bonchev–Trinajstić information content (AvgIpc) is 2.83. The summed E-state index contributed by atoms with van der Waals surface area (Å²) in [5, 5.41) is 8.13. The predicted molar refractivity (Wildman–Crippen MR) is 64.5 cm³/mol. The van der Waals surface area contributed by atoms with Gasteiger partial charge in [0.05, 0.1) is 11.9 Å². The lowest BCUT2D eigenvalue weighted by Gasteiger charge is -1.96. The van der Waals surface area contributed by atoms with E-state index in [4.69, 9.17) is 10.2 Å². The molecule has 86 valence electrons. The normalized spacial score (nSPS) is 11.2. The van der Waals surface area contributed by atoms with Crippen molar-refractivity contribution in [2.45, 2.75) is 29.9 Å². The molecule has 0 amide bonds. The van der Waals surface area contributed by atoms with Crippen molar-refractivity contribution in [3.63, 3.8) is 0 Å². The molecule has 0 radical (unpaired) electrons. The Labute approximate surface area is 101 Å². The number of aromatic nitrogens is 3. The van der Waals surface area contributed by atoms with E-state index < -0.39 is 0 Å². The highest BCUT2D eigenvalue weighted by Crippen LogP contribution is 2.27. The van der Waals surface area contributed by atoms with Gasteiger partial charge >= 0.3 is 0 Å². The van der Waals surface area contributed by atoms with Gasteiger partial charge < -0.3 is 10.2 Å². The Kier molecular flexibility index (Phi) is 3.45. The monoisotopic (exact) mass is 256 g/mol. The minimum atomic E-state index is 0.364. The van der Waals surface area contributed by atoms with E-state index in [9.17, 15) is 0 Å². The first-order valence-electron chi connectivity index (χ1n) is 4.81. The lowest BCUT2D eigenvalue weighted by Crippen LogP contribution is -1.81. The second-order valence-electron chi connectivity index (χ2n) is 3.51. The molecule has 0 aliphatic rings. The smallest absolute Gasteiger partial charge is 0.204 e. The standard InChI is InChI=1S/C9H12N4OS2/c1-5(2)6-3-11-7(14-6)4-15-9-13-12-8(10)16-9/h3,5H,4H2,1-2H3,(H2,10,12). The molecule has 0 bridgehead atoms. The maximum Gasteiger partial charge on any atom is 0.204 e. The van der Waals surface area contributed by atoms with Crippen LogP contribution in [0, 0.1) is 0 Å². The molecule has 0 saturated heterocycles. The van der Waals surface area contributed by atoms with Crippen molar-refractivity contribution in [1.29, 1.82) is 0 Å². The zero-order valence-corrected chi connectivity index (χ0v) is 10.6. The molecule has 2 aromatic rings. The summed E-state index contributed by atoms with van der Waals surface area (Å²) in [5.74, 6) is 2.64. The molecule has 0 aliphatic carbocycles. The second-order valence-corrected chi connectivity index (χ2v) is 5.74. The predicted octanol–water partition coefficient (Wildman–Crippen LogP) is 2.52. The van der Waals surface area contributed by atoms with Gasteiger partial charge in [-0.05, 0) is 0 Å². The third-order valence-electron chi connectivity index (χ3n) is 1.88. The molecule has 5 nitrogen and oxygen atoms in total. The van der Waals surface area contributed by atoms with Gasteiger partial charge in [-0.2, -0.15) is 0 Å². The van der Waals surface area contributed by atoms with Crippen LogP contribution in [0.2, 0.25) is 0 Å². The Morgan fingerprint density at radius 1 is 1.50 bits per heavy atom. The van der Waals surface area contributed by atoms with Gasteiger partial charge in [0.1, 0.15) is 5.76 Å². The van der Waals surface area contributed by atoms with Gasteiger partial charge in [0.25, 0.3) is 0 Å². The number of hydrogen-bond donors (Lipinski definition) is 1. The molecule has 0 atom stereocenters. The van der Waals surface area contributed by atoms with E-state index in [2.05, 4.69) is 29.0 Å². The highest BCUT2D eigenvalue weighted by Gasteiger charge is 2.09. The number of rotatable bonds is 4. The number of thioether (sulfide) groups is 1. The summed E-state index contributed by atoms with van der Waals surface area (Å²) in [7, 11) is 0. The molecule has 0 aliphatic heterocycles. The molecule has 2 N–H and O–H groups in total. The average molecular weight is 256 g/mol. The van der Waals surface area contributed by atoms with Crippen molar-refractivity contribution < 1.29 is 4.42 Å². The molecule has 0 unspecified atom stereocenters. The van der Waals surface area contributed by atoms with Gasteiger partial charge in [0.15, 0.2) is 4.34 Å². The topological polar surface area (TPSA) is 77.8 Å². The van der Waals surface area contributed by atoms with Crippen LogP contribution < -0.4 is 5.73 Å². The maximum atomic E-state index is 5.57. The van der Waals surface area contributed by atoms with Gasteiger partial charge in [0, 0.05) is 5.92 Å². The quantitative estimate of drug-likeness (QED) is 0.847. The third kappa shape index (κ3) is 2.73. The summed E-state index contributed by atoms with van der Waals surface area (Å²) < 4.78 is 6.40. The van der Waals surface area contributed by atoms with Crippen LogP contribution in [0.25, 0.3) is 0 Å². The molecule has 7 heteroatoms. The lowest BCUT2D eigenvalue weighted by molar-refractivity contribution is 0.453. The van der Waals surface area contributed by atoms with Crippen molar-refractivity contribution in [2.24, 2.45) is 0 Å². The zero-order valence-electron chi connectivity index (χ0n) is 9.01. The molecular weight excluding hydrogens is 244 g/mol. The number of anilines is 1. The van der Waals surface area contributed by atoms with E-state index >= 15 is 0 Å². The molecular formula is C9H12N4OS2. The minimum absolute atomic E-state index is 0.364. The van der Waals surface area contributed by atoms with Gasteiger partial charge in [-0.25, -0.2) is 4.98 Å². The number of nitrogens with two attached hydrogens (primary N) is 1. The summed E-state index contributed by atoms with van der Waals surface area (Å²) >= 11 is 2.90. The number of nitrogen functional groups attached to an aromatic ring is 1. The molecule has 16 heavy (non-hydrogen) atoms. The van der Waals surface area contributed by atoms with Crippen LogP contribution in [-0.2, 0) is 5.75 Å². The Morgan fingerprint density at radius 3 is 2.88 bits per heavy atom. The molecule has 2 rings (SSSR count). The maximum absolute atomic E-state index is 5.57. The Balaban J connectivity index is 1.94. The highest BCUT2D eigenvalue weighted by atomic mass is 32.2. The summed E-state index contributed by atoms with van der Waals surface area (Å²) in [6, 6.07) is 0. The fourth-order valence-corrected chi connectivity index (χ4v) is 2.55. The van der Waals surface area contributed by atoms with E-state index in [1.807, 2.05) is 0 Å². The van der Waals surface area contributed by atoms with Crippen LogP contribution in [0.3, 0.4) is 0 Å². The van der Waals surface area contributed by atoms with Crippen LogP contribution in [0.15, 0.2) is 15.0 Å². The van der Waals surface area contributed by atoms with Crippen LogP contribution in [-0.4, -0.2) is 15.2 Å². The van der Waals surface area contributed by atoms with Gasteiger partial charge in [-0.15, -0.1) is 10.2 Å². The zero-order chi connectivity index (χ0) is 11.5. The van der Waals surface area contributed by atoms with Crippen molar-refractivity contribution >= 4 is 28.2 Å². The lowest BCUT2D eigenvalue weighted by atomic mass is 10.2. The molecule has 2 aromatic heterocycles. The van der Waals surface area contributed by atoms with E-state index in [-0.39, 0.29) is 0 Å². The Bertz CT molecular complexity index is 466. The molecule has 0 fully saturated rings. The third-order valence-corrected chi connectivity index (χ3v) is 3.75.